The Morgan fingerprint density at radius 3 is 2.62 bits per heavy atom. The summed E-state index contributed by atoms with van der Waals surface area (Å²) < 4.78 is 0. The molecule has 84 valence electrons. The average Bonchev–Trinajstić information content (AvgIpc) is 2.76. The van der Waals surface area contributed by atoms with E-state index in [9.17, 15) is 0 Å². The first-order valence-corrected chi connectivity index (χ1v) is 6.39. The predicted octanol–water partition coefficient (Wildman–Crippen LogP) is 3.63. The average molecular weight is 232 g/mol. The SMILES string of the molecule is CCc1csc(NCc2ccc(C)cc2)n1. The number of nitrogens with zero attached hydrogens (tertiary/aromatic N) is 1. The maximum absolute atomic E-state index is 4.47. The molecule has 0 amide bonds. The van der Waals surface area contributed by atoms with Gasteiger partial charge in [0.2, 0.25) is 0 Å². The molecular formula is C13H16N2S. The van der Waals surface area contributed by atoms with Gasteiger partial charge in [-0.25, -0.2) is 4.98 Å². The van der Waals surface area contributed by atoms with Gasteiger partial charge in [-0.05, 0) is 18.9 Å². The van der Waals surface area contributed by atoms with Crippen molar-refractivity contribution in [1.29, 1.82) is 0 Å². The van der Waals surface area contributed by atoms with Crippen LogP contribution in [0.2, 0.25) is 0 Å². The van der Waals surface area contributed by atoms with Gasteiger partial charge >= 0.3 is 0 Å². The van der Waals surface area contributed by atoms with Crippen molar-refractivity contribution in [3.63, 3.8) is 0 Å². The fourth-order valence-corrected chi connectivity index (χ4v) is 2.23. The van der Waals surface area contributed by atoms with Gasteiger partial charge in [-0.3, -0.25) is 0 Å². The first kappa shape index (κ1) is 11.1. The van der Waals surface area contributed by atoms with Crippen molar-refractivity contribution in [3.8, 4) is 0 Å². The van der Waals surface area contributed by atoms with Crippen molar-refractivity contribution in [2.45, 2.75) is 26.8 Å². The molecule has 2 aromatic rings. The van der Waals surface area contributed by atoms with E-state index in [0.29, 0.717) is 0 Å². The van der Waals surface area contributed by atoms with Gasteiger partial charge in [-0.2, -0.15) is 0 Å². The minimum absolute atomic E-state index is 0.844. The van der Waals surface area contributed by atoms with Crippen LogP contribution < -0.4 is 5.32 Å². The molecule has 2 rings (SSSR count). The highest BCUT2D eigenvalue weighted by Gasteiger charge is 1.99. The third-order valence-corrected chi connectivity index (χ3v) is 3.33. The third-order valence-electron chi connectivity index (χ3n) is 2.48. The fraction of sp³-hybridized carbons (Fsp3) is 0.308. The van der Waals surface area contributed by atoms with Gasteiger partial charge in [0.25, 0.3) is 0 Å². The molecule has 0 saturated heterocycles. The molecule has 1 heterocycles. The van der Waals surface area contributed by atoms with Crippen LogP contribution in [0.4, 0.5) is 5.13 Å². The van der Waals surface area contributed by atoms with Gasteiger partial charge in [-0.15, -0.1) is 11.3 Å². The second-order valence-electron chi connectivity index (χ2n) is 3.84. The molecule has 0 aliphatic carbocycles. The van der Waals surface area contributed by atoms with Gasteiger partial charge in [0.05, 0.1) is 5.69 Å². The van der Waals surface area contributed by atoms with E-state index in [0.717, 1.165) is 23.8 Å². The zero-order chi connectivity index (χ0) is 11.4. The molecule has 0 fully saturated rings. The van der Waals surface area contributed by atoms with Crippen LogP contribution >= 0.6 is 11.3 Å². The molecule has 0 aliphatic heterocycles. The van der Waals surface area contributed by atoms with Crippen molar-refractivity contribution in [1.82, 2.24) is 4.98 Å². The van der Waals surface area contributed by atoms with Gasteiger partial charge in [0.1, 0.15) is 0 Å². The number of anilines is 1. The van der Waals surface area contributed by atoms with Crippen LogP contribution in [0.15, 0.2) is 29.6 Å². The van der Waals surface area contributed by atoms with Crippen molar-refractivity contribution in [2.75, 3.05) is 5.32 Å². The second-order valence-corrected chi connectivity index (χ2v) is 4.69. The van der Waals surface area contributed by atoms with Crippen LogP contribution in [0, 0.1) is 6.92 Å². The van der Waals surface area contributed by atoms with E-state index in [1.165, 1.54) is 11.1 Å². The van der Waals surface area contributed by atoms with E-state index in [2.05, 4.69) is 53.8 Å². The Morgan fingerprint density at radius 1 is 1.25 bits per heavy atom. The first-order valence-electron chi connectivity index (χ1n) is 5.51. The van der Waals surface area contributed by atoms with E-state index in [1.807, 2.05) is 0 Å². The van der Waals surface area contributed by atoms with Crippen LogP contribution in [0.5, 0.6) is 0 Å². The van der Waals surface area contributed by atoms with Crippen LogP contribution in [-0.4, -0.2) is 4.98 Å². The van der Waals surface area contributed by atoms with E-state index in [4.69, 9.17) is 0 Å². The minimum Gasteiger partial charge on any atom is -0.357 e. The number of benzene rings is 1. The van der Waals surface area contributed by atoms with Crippen LogP contribution in [0.3, 0.4) is 0 Å². The number of hydrogen-bond acceptors (Lipinski definition) is 3. The number of thiazole rings is 1. The zero-order valence-electron chi connectivity index (χ0n) is 9.66. The number of aryl methyl sites for hydroxylation is 2. The standard InChI is InChI=1S/C13H16N2S/c1-3-12-9-16-13(15-12)14-8-11-6-4-10(2)5-7-11/h4-7,9H,3,8H2,1-2H3,(H,14,15). The summed E-state index contributed by atoms with van der Waals surface area (Å²) in [6, 6.07) is 8.57. The molecule has 1 aromatic carbocycles. The quantitative estimate of drug-likeness (QED) is 0.870. The molecule has 2 nitrogen and oxygen atoms in total. The molecule has 1 aromatic heterocycles. The molecule has 0 radical (unpaired) electrons. The van der Waals surface area contributed by atoms with Gasteiger partial charge in [0.15, 0.2) is 5.13 Å². The van der Waals surface area contributed by atoms with Crippen molar-refractivity contribution < 1.29 is 0 Å². The summed E-state index contributed by atoms with van der Waals surface area (Å²) in [5, 5.41) is 6.46. The molecule has 0 spiro atoms. The number of hydrogen-bond donors (Lipinski definition) is 1. The van der Waals surface area contributed by atoms with Gasteiger partial charge in [-0.1, -0.05) is 36.8 Å². The molecule has 0 bridgehead atoms. The maximum atomic E-state index is 4.47. The molecule has 0 aliphatic rings. The molecular weight excluding hydrogens is 216 g/mol. The second kappa shape index (κ2) is 5.12. The van der Waals surface area contributed by atoms with Crippen molar-refractivity contribution >= 4 is 16.5 Å². The summed E-state index contributed by atoms with van der Waals surface area (Å²) in [4.78, 5) is 4.47. The van der Waals surface area contributed by atoms with E-state index < -0.39 is 0 Å². The largest absolute Gasteiger partial charge is 0.357 e. The molecule has 0 unspecified atom stereocenters. The van der Waals surface area contributed by atoms with E-state index >= 15 is 0 Å². The Balaban J connectivity index is 1.94. The predicted molar refractivity (Wildman–Crippen MR) is 70.0 cm³/mol. The zero-order valence-corrected chi connectivity index (χ0v) is 10.5. The molecule has 0 atom stereocenters. The van der Waals surface area contributed by atoms with Crippen LogP contribution in [-0.2, 0) is 13.0 Å². The van der Waals surface area contributed by atoms with Crippen molar-refractivity contribution in [3.05, 3.63) is 46.5 Å². The summed E-state index contributed by atoms with van der Waals surface area (Å²) in [7, 11) is 0. The Bertz CT molecular complexity index is 445. The topological polar surface area (TPSA) is 24.9 Å². The van der Waals surface area contributed by atoms with E-state index in [1.54, 1.807) is 11.3 Å². The van der Waals surface area contributed by atoms with Gasteiger partial charge in [0, 0.05) is 11.9 Å². The van der Waals surface area contributed by atoms with Gasteiger partial charge < -0.3 is 5.32 Å². The molecule has 0 saturated carbocycles. The van der Waals surface area contributed by atoms with Crippen molar-refractivity contribution in [2.24, 2.45) is 0 Å². The lowest BCUT2D eigenvalue weighted by molar-refractivity contribution is 1.05. The highest BCUT2D eigenvalue weighted by Crippen LogP contribution is 2.16. The van der Waals surface area contributed by atoms with Crippen LogP contribution in [0.1, 0.15) is 23.7 Å². The Kier molecular flexibility index (Phi) is 3.57. The summed E-state index contributed by atoms with van der Waals surface area (Å²) in [5.74, 6) is 0. The smallest absolute Gasteiger partial charge is 0.183 e. The molecule has 3 heteroatoms. The molecule has 1 N–H and O–H groups in total. The highest BCUT2D eigenvalue weighted by atomic mass is 32.1. The Morgan fingerprint density at radius 2 is 2.00 bits per heavy atom. The Labute approximate surface area is 100 Å². The first-order chi connectivity index (χ1) is 7.78. The third kappa shape index (κ3) is 2.83. The summed E-state index contributed by atoms with van der Waals surface area (Å²) >= 11 is 1.67. The maximum Gasteiger partial charge on any atom is 0.183 e. The fourth-order valence-electron chi connectivity index (χ4n) is 1.43. The Hall–Kier alpha value is -1.35. The monoisotopic (exact) mass is 232 g/mol. The number of rotatable bonds is 4. The highest BCUT2D eigenvalue weighted by molar-refractivity contribution is 7.13. The lowest BCUT2D eigenvalue weighted by Gasteiger charge is -2.03. The summed E-state index contributed by atoms with van der Waals surface area (Å²) in [5.41, 5.74) is 3.75. The van der Waals surface area contributed by atoms with Crippen LogP contribution in [0.25, 0.3) is 0 Å². The molecule has 16 heavy (non-hydrogen) atoms. The minimum atomic E-state index is 0.844. The summed E-state index contributed by atoms with van der Waals surface area (Å²) in [6.45, 7) is 5.07. The normalized spacial score (nSPS) is 10.4. The lowest BCUT2D eigenvalue weighted by atomic mass is 10.1. The number of nitrogens with one attached hydrogen (secondary N) is 1. The number of aromatic nitrogens is 1. The summed E-state index contributed by atoms with van der Waals surface area (Å²) in [6.07, 6.45) is 1.00. The van der Waals surface area contributed by atoms with E-state index in [-0.39, 0.29) is 0 Å². The lowest BCUT2D eigenvalue weighted by Crippen LogP contribution is -1.98.